The molecule has 16 heavy (non-hydrogen) atoms. The first-order chi connectivity index (χ1) is 7.61. The molecule has 0 aliphatic heterocycles. The van der Waals surface area contributed by atoms with E-state index in [4.69, 9.17) is 5.73 Å². The van der Waals surface area contributed by atoms with Crippen LogP contribution in [0.2, 0.25) is 0 Å². The second-order valence-corrected chi connectivity index (χ2v) is 3.71. The Morgan fingerprint density at radius 1 is 1.38 bits per heavy atom. The number of rotatable bonds is 2. The lowest BCUT2D eigenvalue weighted by Gasteiger charge is -1.99. The van der Waals surface area contributed by atoms with E-state index in [0.29, 0.717) is 11.3 Å². The van der Waals surface area contributed by atoms with Gasteiger partial charge in [-0.2, -0.15) is 0 Å². The summed E-state index contributed by atoms with van der Waals surface area (Å²) in [7, 11) is 0. The predicted octanol–water partition coefficient (Wildman–Crippen LogP) is 2.17. The molecule has 0 bridgehead atoms. The van der Waals surface area contributed by atoms with Gasteiger partial charge >= 0.3 is 0 Å². The monoisotopic (exact) mass is 215 g/mol. The first-order valence-electron chi connectivity index (χ1n) is 5.00. The van der Waals surface area contributed by atoms with Crippen LogP contribution in [0.3, 0.4) is 0 Å². The lowest BCUT2D eigenvalue weighted by Crippen LogP contribution is -1.98. The summed E-state index contributed by atoms with van der Waals surface area (Å²) in [5.41, 5.74) is 9.57. The molecule has 0 saturated heterocycles. The van der Waals surface area contributed by atoms with E-state index in [0.717, 1.165) is 17.0 Å². The fourth-order valence-corrected chi connectivity index (χ4v) is 1.84. The molecule has 0 radical (unpaired) electrons. The van der Waals surface area contributed by atoms with Gasteiger partial charge < -0.3 is 10.7 Å². The molecule has 2 heterocycles. The molecule has 0 aliphatic carbocycles. The molecular formula is C12H13N3O. The Bertz CT molecular complexity index is 529. The third kappa shape index (κ3) is 1.58. The number of carbonyl (C=O) groups excluding carboxylic acids is 1. The van der Waals surface area contributed by atoms with Crippen LogP contribution in [0.1, 0.15) is 23.0 Å². The number of nitrogens with one attached hydrogen (secondary N) is 1. The van der Waals surface area contributed by atoms with E-state index in [1.807, 2.05) is 19.1 Å². The van der Waals surface area contributed by atoms with Crippen molar-refractivity contribution in [1.29, 1.82) is 0 Å². The van der Waals surface area contributed by atoms with Gasteiger partial charge in [-0.05, 0) is 26.0 Å². The van der Waals surface area contributed by atoms with Gasteiger partial charge in [-0.25, -0.2) is 0 Å². The van der Waals surface area contributed by atoms with Gasteiger partial charge in [0.2, 0.25) is 0 Å². The molecule has 4 heteroatoms. The molecular weight excluding hydrogens is 202 g/mol. The number of anilines is 1. The van der Waals surface area contributed by atoms with E-state index >= 15 is 0 Å². The van der Waals surface area contributed by atoms with E-state index in [1.165, 1.54) is 6.92 Å². The predicted molar refractivity (Wildman–Crippen MR) is 63.2 cm³/mol. The molecule has 2 aromatic heterocycles. The lowest BCUT2D eigenvalue weighted by atomic mass is 10.1. The molecule has 0 unspecified atom stereocenters. The number of nitrogens with two attached hydrogens (primary N) is 1. The summed E-state index contributed by atoms with van der Waals surface area (Å²) >= 11 is 0. The first-order valence-corrected chi connectivity index (χ1v) is 5.00. The van der Waals surface area contributed by atoms with Crippen molar-refractivity contribution in [3.05, 3.63) is 35.8 Å². The van der Waals surface area contributed by atoms with E-state index < -0.39 is 0 Å². The number of nitrogens with zero attached hydrogens (tertiary/aromatic N) is 1. The maximum Gasteiger partial charge on any atom is 0.163 e. The minimum Gasteiger partial charge on any atom is -0.396 e. The first kappa shape index (κ1) is 10.4. The second kappa shape index (κ2) is 3.81. The molecule has 82 valence electrons. The van der Waals surface area contributed by atoms with Gasteiger partial charge in [0, 0.05) is 23.7 Å². The maximum atomic E-state index is 11.4. The minimum absolute atomic E-state index is 0.0217. The number of hydrogen-bond acceptors (Lipinski definition) is 3. The van der Waals surface area contributed by atoms with Gasteiger partial charge in [0.25, 0.3) is 0 Å². The topological polar surface area (TPSA) is 71.8 Å². The second-order valence-electron chi connectivity index (χ2n) is 3.71. The molecule has 2 aromatic rings. The Morgan fingerprint density at radius 3 is 2.50 bits per heavy atom. The smallest absolute Gasteiger partial charge is 0.163 e. The van der Waals surface area contributed by atoms with Crippen LogP contribution in [0.5, 0.6) is 0 Å². The number of pyridine rings is 1. The molecule has 0 atom stereocenters. The zero-order valence-electron chi connectivity index (χ0n) is 9.24. The summed E-state index contributed by atoms with van der Waals surface area (Å²) in [5, 5.41) is 0. The van der Waals surface area contributed by atoms with Gasteiger partial charge in [0.05, 0.1) is 16.9 Å². The van der Waals surface area contributed by atoms with Crippen LogP contribution in [-0.2, 0) is 0 Å². The number of aromatic amines is 1. The largest absolute Gasteiger partial charge is 0.396 e. The van der Waals surface area contributed by atoms with Crippen molar-refractivity contribution in [3.8, 4) is 11.3 Å². The molecule has 0 amide bonds. The Labute approximate surface area is 93.5 Å². The molecule has 0 spiro atoms. The van der Waals surface area contributed by atoms with E-state index in [9.17, 15) is 4.79 Å². The number of Topliss-reactive ketones (excluding diaryl/α,β-unsaturated/α-hetero) is 1. The summed E-state index contributed by atoms with van der Waals surface area (Å²) in [6, 6.07) is 3.71. The normalized spacial score (nSPS) is 10.4. The highest BCUT2D eigenvalue weighted by Crippen LogP contribution is 2.30. The molecule has 0 saturated carbocycles. The summed E-state index contributed by atoms with van der Waals surface area (Å²) in [6.45, 7) is 3.36. The van der Waals surface area contributed by atoms with Crippen molar-refractivity contribution >= 4 is 11.5 Å². The molecule has 3 N–H and O–H groups in total. The van der Waals surface area contributed by atoms with Crippen molar-refractivity contribution in [2.75, 3.05) is 5.73 Å². The van der Waals surface area contributed by atoms with Crippen LogP contribution in [0.15, 0.2) is 24.5 Å². The van der Waals surface area contributed by atoms with Crippen LogP contribution < -0.4 is 5.73 Å². The highest BCUT2D eigenvalue weighted by molar-refractivity contribution is 6.03. The SMILES string of the molecule is CC(=O)c1c(C)[nH]c(-c2ccncc2)c1N. The highest BCUT2D eigenvalue weighted by Gasteiger charge is 2.16. The van der Waals surface area contributed by atoms with Crippen molar-refractivity contribution in [2.24, 2.45) is 0 Å². The van der Waals surface area contributed by atoms with Crippen LogP contribution in [0.4, 0.5) is 5.69 Å². The summed E-state index contributed by atoms with van der Waals surface area (Å²) in [6.07, 6.45) is 3.39. The number of nitrogen functional groups attached to an aromatic ring is 1. The average molecular weight is 215 g/mol. The molecule has 0 aromatic carbocycles. The molecule has 2 rings (SSSR count). The minimum atomic E-state index is -0.0217. The van der Waals surface area contributed by atoms with Crippen molar-refractivity contribution in [2.45, 2.75) is 13.8 Å². The van der Waals surface area contributed by atoms with Crippen LogP contribution in [-0.4, -0.2) is 15.8 Å². The summed E-state index contributed by atoms with van der Waals surface area (Å²) < 4.78 is 0. The van der Waals surface area contributed by atoms with Crippen LogP contribution in [0.25, 0.3) is 11.3 Å². The van der Waals surface area contributed by atoms with Gasteiger partial charge in [0.15, 0.2) is 5.78 Å². The molecule has 0 fully saturated rings. The van der Waals surface area contributed by atoms with Crippen LogP contribution >= 0.6 is 0 Å². The quantitative estimate of drug-likeness (QED) is 0.754. The third-order valence-corrected chi connectivity index (χ3v) is 2.55. The number of aromatic nitrogens is 2. The van der Waals surface area contributed by atoms with Gasteiger partial charge in [-0.15, -0.1) is 0 Å². The Kier molecular flexibility index (Phi) is 2.48. The van der Waals surface area contributed by atoms with Crippen molar-refractivity contribution in [1.82, 2.24) is 9.97 Å². The fraction of sp³-hybridized carbons (Fsp3) is 0.167. The fourth-order valence-electron chi connectivity index (χ4n) is 1.84. The summed E-state index contributed by atoms with van der Waals surface area (Å²) in [4.78, 5) is 18.5. The van der Waals surface area contributed by atoms with Gasteiger partial charge in [0.1, 0.15) is 0 Å². The number of aryl methyl sites for hydroxylation is 1. The van der Waals surface area contributed by atoms with Crippen molar-refractivity contribution in [3.63, 3.8) is 0 Å². The van der Waals surface area contributed by atoms with Crippen molar-refractivity contribution < 1.29 is 4.79 Å². The number of carbonyl (C=O) groups is 1. The Hall–Kier alpha value is -2.10. The standard InChI is InChI=1S/C12H13N3O/c1-7-10(8(2)16)11(13)12(15-7)9-3-5-14-6-4-9/h3-6,15H,13H2,1-2H3. The Balaban J connectivity index is 2.61. The number of H-pyrrole nitrogens is 1. The zero-order chi connectivity index (χ0) is 11.7. The van der Waals surface area contributed by atoms with Crippen LogP contribution in [0, 0.1) is 6.92 Å². The van der Waals surface area contributed by atoms with E-state index in [-0.39, 0.29) is 5.78 Å². The molecule has 4 nitrogen and oxygen atoms in total. The average Bonchev–Trinajstić information content (AvgIpc) is 2.55. The summed E-state index contributed by atoms with van der Waals surface area (Å²) in [5.74, 6) is -0.0217. The van der Waals surface area contributed by atoms with Gasteiger partial charge in [-0.3, -0.25) is 9.78 Å². The maximum absolute atomic E-state index is 11.4. The van der Waals surface area contributed by atoms with E-state index in [1.54, 1.807) is 12.4 Å². The third-order valence-electron chi connectivity index (χ3n) is 2.55. The number of hydrogen-bond donors (Lipinski definition) is 2. The number of ketones is 1. The lowest BCUT2D eigenvalue weighted by molar-refractivity contribution is 0.101. The highest BCUT2D eigenvalue weighted by atomic mass is 16.1. The Morgan fingerprint density at radius 2 is 2.00 bits per heavy atom. The molecule has 0 aliphatic rings. The zero-order valence-corrected chi connectivity index (χ0v) is 9.24. The van der Waals surface area contributed by atoms with E-state index in [2.05, 4.69) is 9.97 Å². The van der Waals surface area contributed by atoms with Gasteiger partial charge in [-0.1, -0.05) is 0 Å².